The number of amides is 1. The van der Waals surface area contributed by atoms with Crippen molar-refractivity contribution in [2.75, 3.05) is 11.9 Å². The summed E-state index contributed by atoms with van der Waals surface area (Å²) in [7, 11) is 0. The number of hydrogen-bond donors (Lipinski definition) is 4. The molecule has 0 saturated carbocycles. The molecular weight excluding hydrogens is 454 g/mol. The third-order valence-corrected chi connectivity index (χ3v) is 6.16. The van der Waals surface area contributed by atoms with Gasteiger partial charge in [-0.05, 0) is 53.3 Å². The molecule has 2 aromatic heterocycles. The number of nitrogens with one attached hydrogen (secondary N) is 3. The molecule has 0 radical (unpaired) electrons. The number of rotatable bonds is 10. The smallest absolute Gasteiger partial charge is 0.249 e. The summed E-state index contributed by atoms with van der Waals surface area (Å²) in [5.74, 6) is 1.13. The van der Waals surface area contributed by atoms with E-state index >= 15 is 0 Å². The Morgan fingerprint density at radius 3 is 2.44 bits per heavy atom. The first-order valence-electron chi connectivity index (χ1n) is 12.0. The molecule has 0 spiro atoms. The van der Waals surface area contributed by atoms with E-state index in [9.17, 15) is 4.79 Å². The Labute approximate surface area is 211 Å². The van der Waals surface area contributed by atoms with Gasteiger partial charge in [-0.3, -0.25) is 10.0 Å². The molecule has 2 heterocycles. The fraction of sp³-hybridized carbons (Fsp3) is 0.321. The van der Waals surface area contributed by atoms with Crippen LogP contribution in [0.15, 0.2) is 67.0 Å². The van der Waals surface area contributed by atoms with Gasteiger partial charge in [-0.15, -0.1) is 0 Å². The van der Waals surface area contributed by atoms with Crippen LogP contribution in [0.1, 0.15) is 39.7 Å². The monoisotopic (exact) mass is 487 g/mol. The lowest BCUT2D eigenvalue weighted by Gasteiger charge is -2.33. The number of carbonyl (C=O) groups excluding carboxylic acids is 1. The van der Waals surface area contributed by atoms with Gasteiger partial charge in [0.15, 0.2) is 0 Å². The lowest BCUT2D eigenvalue weighted by molar-refractivity contribution is -0.140. The molecular formula is C28H33N5O3. The highest BCUT2D eigenvalue weighted by Gasteiger charge is 2.35. The van der Waals surface area contributed by atoms with Gasteiger partial charge in [-0.1, -0.05) is 58.0 Å². The third-order valence-electron chi connectivity index (χ3n) is 6.16. The van der Waals surface area contributed by atoms with Crippen LogP contribution in [0.5, 0.6) is 5.75 Å². The first-order chi connectivity index (χ1) is 17.2. The molecule has 0 aliphatic heterocycles. The number of benzene rings is 2. The number of ether oxygens (including phenoxy) is 1. The number of carbonyl (C=O) groups is 1. The van der Waals surface area contributed by atoms with Crippen LogP contribution in [0, 0.1) is 10.8 Å². The largest absolute Gasteiger partial charge is 0.493 e. The lowest BCUT2D eigenvalue weighted by Crippen LogP contribution is -2.39. The summed E-state index contributed by atoms with van der Waals surface area (Å²) >= 11 is 0. The van der Waals surface area contributed by atoms with Crippen LogP contribution >= 0.6 is 0 Å². The molecule has 4 rings (SSSR count). The van der Waals surface area contributed by atoms with Crippen molar-refractivity contribution < 1.29 is 14.7 Å². The number of hydrogen-bond acceptors (Lipinski definition) is 6. The van der Waals surface area contributed by atoms with Crippen molar-refractivity contribution in [3.05, 3.63) is 72.6 Å². The molecule has 4 aromatic rings. The fourth-order valence-corrected chi connectivity index (χ4v) is 4.51. The molecule has 8 heteroatoms. The molecule has 0 saturated heterocycles. The van der Waals surface area contributed by atoms with Crippen LogP contribution in [-0.2, 0) is 11.3 Å². The summed E-state index contributed by atoms with van der Waals surface area (Å²) in [5.41, 5.74) is 4.68. The van der Waals surface area contributed by atoms with Crippen molar-refractivity contribution in [3.63, 3.8) is 0 Å². The van der Waals surface area contributed by atoms with Crippen LogP contribution < -0.4 is 15.5 Å². The van der Waals surface area contributed by atoms with Gasteiger partial charge in [0.1, 0.15) is 23.5 Å². The van der Waals surface area contributed by atoms with Crippen LogP contribution in [0.2, 0.25) is 0 Å². The molecule has 0 fully saturated rings. The fourth-order valence-electron chi connectivity index (χ4n) is 4.51. The van der Waals surface area contributed by atoms with E-state index in [4.69, 9.17) is 9.94 Å². The molecule has 0 bridgehead atoms. The summed E-state index contributed by atoms with van der Waals surface area (Å²) in [4.78, 5) is 24.1. The maximum Gasteiger partial charge on any atom is 0.249 e. The van der Waals surface area contributed by atoms with Gasteiger partial charge in [0.05, 0.1) is 12.0 Å². The predicted molar refractivity (Wildman–Crippen MR) is 141 cm³/mol. The van der Waals surface area contributed by atoms with Crippen molar-refractivity contribution in [3.8, 4) is 17.0 Å². The summed E-state index contributed by atoms with van der Waals surface area (Å²) in [6, 6.07) is 20.1. The van der Waals surface area contributed by atoms with Gasteiger partial charge in [0, 0.05) is 17.7 Å². The van der Waals surface area contributed by atoms with Crippen LogP contribution in [0.3, 0.4) is 0 Å². The number of aromatic amines is 1. The normalized spacial score (nSPS) is 11.9. The zero-order valence-electron chi connectivity index (χ0n) is 21.1. The van der Waals surface area contributed by atoms with Gasteiger partial charge in [-0.2, -0.15) is 0 Å². The van der Waals surface area contributed by atoms with E-state index in [-0.39, 0.29) is 5.41 Å². The molecule has 0 aliphatic carbocycles. The summed E-state index contributed by atoms with van der Waals surface area (Å²) in [5, 5.41) is 13.3. The minimum atomic E-state index is -0.710. The zero-order valence-corrected chi connectivity index (χ0v) is 21.1. The molecule has 2 aromatic carbocycles. The Morgan fingerprint density at radius 2 is 1.75 bits per heavy atom. The summed E-state index contributed by atoms with van der Waals surface area (Å²) in [6.07, 6.45) is 2.11. The van der Waals surface area contributed by atoms with E-state index in [1.54, 1.807) is 11.8 Å². The second-order valence-corrected chi connectivity index (χ2v) is 10.5. The lowest BCUT2D eigenvalue weighted by atomic mass is 9.75. The number of nitrogens with zero attached hydrogens (tertiary/aromatic N) is 2. The van der Waals surface area contributed by atoms with Crippen molar-refractivity contribution in [2.45, 2.75) is 40.7 Å². The SMILES string of the molecule is CC(C)(COc1ccc(-c2cc3c(NCc4ccccc4)ncnc3[nH]2)cc1)CC(C)(C)C(=O)NO. The highest BCUT2D eigenvalue weighted by atomic mass is 16.5. The van der Waals surface area contributed by atoms with E-state index in [1.165, 1.54) is 5.56 Å². The topological polar surface area (TPSA) is 112 Å². The first-order valence-corrected chi connectivity index (χ1v) is 12.0. The van der Waals surface area contributed by atoms with Gasteiger partial charge in [-0.25, -0.2) is 15.4 Å². The van der Waals surface area contributed by atoms with Crippen LogP contribution in [-0.4, -0.2) is 32.7 Å². The predicted octanol–water partition coefficient (Wildman–Crippen LogP) is 5.56. The first kappa shape index (κ1) is 25.2. The van der Waals surface area contributed by atoms with Gasteiger partial charge >= 0.3 is 0 Å². The van der Waals surface area contributed by atoms with Crippen molar-refractivity contribution >= 4 is 22.8 Å². The second kappa shape index (κ2) is 10.4. The molecule has 0 unspecified atom stereocenters. The molecule has 8 nitrogen and oxygen atoms in total. The van der Waals surface area contributed by atoms with Gasteiger partial charge in [0.25, 0.3) is 0 Å². The average molecular weight is 488 g/mol. The molecule has 4 N–H and O–H groups in total. The number of H-pyrrole nitrogens is 1. The highest BCUT2D eigenvalue weighted by Crippen LogP contribution is 2.35. The van der Waals surface area contributed by atoms with E-state index in [0.29, 0.717) is 19.6 Å². The van der Waals surface area contributed by atoms with E-state index in [0.717, 1.165) is 33.9 Å². The van der Waals surface area contributed by atoms with Crippen LogP contribution in [0.4, 0.5) is 5.82 Å². The number of hydroxylamine groups is 1. The maximum absolute atomic E-state index is 11.9. The molecule has 0 atom stereocenters. The quantitative estimate of drug-likeness (QED) is 0.172. The minimum Gasteiger partial charge on any atom is -0.493 e. The summed E-state index contributed by atoms with van der Waals surface area (Å²) in [6.45, 7) is 8.82. The standard InChI is InChI=1S/C28H33N5O3/c1-27(2,16-28(3,4)26(34)33-35)17-36-21-12-10-20(11-13-21)23-14-22-24(30-18-31-25(22)32-23)29-15-19-8-6-5-7-9-19/h5-14,18,35H,15-17H2,1-4H3,(H,33,34)(H2,29,30,31,32). The maximum atomic E-state index is 11.9. The minimum absolute atomic E-state index is 0.270. The second-order valence-electron chi connectivity index (χ2n) is 10.5. The van der Waals surface area contributed by atoms with E-state index in [2.05, 4.69) is 38.5 Å². The summed E-state index contributed by atoms with van der Waals surface area (Å²) < 4.78 is 6.04. The molecule has 1 amide bonds. The van der Waals surface area contributed by atoms with Crippen LogP contribution in [0.25, 0.3) is 22.3 Å². The van der Waals surface area contributed by atoms with Crippen molar-refractivity contribution in [1.29, 1.82) is 0 Å². The molecule has 188 valence electrons. The third kappa shape index (κ3) is 6.01. The van der Waals surface area contributed by atoms with E-state index in [1.807, 2.05) is 70.2 Å². The Hall–Kier alpha value is -3.91. The molecule has 0 aliphatic rings. The Morgan fingerprint density at radius 1 is 1.03 bits per heavy atom. The molecule has 36 heavy (non-hydrogen) atoms. The van der Waals surface area contributed by atoms with E-state index < -0.39 is 11.3 Å². The average Bonchev–Trinajstić information content (AvgIpc) is 3.31. The van der Waals surface area contributed by atoms with Crippen molar-refractivity contribution in [1.82, 2.24) is 20.4 Å². The van der Waals surface area contributed by atoms with Crippen molar-refractivity contribution in [2.24, 2.45) is 10.8 Å². The number of fused-ring (bicyclic) bond motifs is 1. The number of aromatic nitrogens is 3. The zero-order chi connectivity index (χ0) is 25.8. The van der Waals surface area contributed by atoms with Gasteiger partial charge in [0.2, 0.25) is 5.91 Å². The Balaban J connectivity index is 1.42. The highest BCUT2D eigenvalue weighted by molar-refractivity contribution is 5.91. The number of anilines is 1. The van der Waals surface area contributed by atoms with Gasteiger partial charge < -0.3 is 15.0 Å². The Bertz CT molecular complexity index is 1310. The Kier molecular flexibility index (Phi) is 7.26.